The Kier molecular flexibility index (Phi) is 4.40. The maximum atomic E-state index is 13.3. The number of carbonyl (C=O) groups excluding carboxylic acids is 1. The molecule has 1 unspecified atom stereocenters. The van der Waals surface area contributed by atoms with E-state index in [1.54, 1.807) is 14.0 Å². The van der Waals surface area contributed by atoms with Crippen molar-refractivity contribution in [2.75, 3.05) is 25.1 Å². The number of hydrogen-bond donors (Lipinski definition) is 0. The molecule has 0 N–H and O–H groups in total. The lowest BCUT2D eigenvalue weighted by molar-refractivity contribution is -0.134. The van der Waals surface area contributed by atoms with Crippen molar-refractivity contribution in [1.82, 2.24) is 15.1 Å². The van der Waals surface area contributed by atoms with Crippen LogP contribution in [0.1, 0.15) is 36.7 Å². The third-order valence-corrected chi connectivity index (χ3v) is 5.45. The molecular weight excluding hydrogens is 332 g/mol. The van der Waals surface area contributed by atoms with Gasteiger partial charge in [0.2, 0.25) is 17.7 Å². The number of ether oxygens (including phenoxy) is 1. The van der Waals surface area contributed by atoms with Crippen LogP contribution in [0.5, 0.6) is 0 Å². The largest absolute Gasteiger partial charge is 0.423 e. The van der Waals surface area contributed by atoms with E-state index in [2.05, 4.69) is 27.2 Å². The maximum absolute atomic E-state index is 13.3. The summed E-state index contributed by atoms with van der Waals surface area (Å²) >= 11 is 0. The van der Waals surface area contributed by atoms with E-state index in [0.29, 0.717) is 24.7 Å². The molecule has 1 fully saturated rings. The Morgan fingerprint density at radius 3 is 2.88 bits per heavy atom. The fourth-order valence-electron chi connectivity index (χ4n) is 4.03. The van der Waals surface area contributed by atoms with Crippen LogP contribution in [0.15, 0.2) is 28.7 Å². The summed E-state index contributed by atoms with van der Waals surface area (Å²) in [6, 6.07) is 7.82. The summed E-state index contributed by atoms with van der Waals surface area (Å²) in [4.78, 5) is 17.4. The summed E-state index contributed by atoms with van der Waals surface area (Å²) in [5.41, 5.74) is 2.45. The number of carbonyl (C=O) groups is 1. The van der Waals surface area contributed by atoms with Crippen LogP contribution >= 0.6 is 0 Å². The van der Waals surface area contributed by atoms with E-state index in [-0.39, 0.29) is 24.1 Å². The molecule has 1 saturated heterocycles. The predicted molar refractivity (Wildman–Crippen MR) is 95.9 cm³/mol. The smallest absolute Gasteiger partial charge is 0.245 e. The fourth-order valence-corrected chi connectivity index (χ4v) is 4.03. The zero-order chi connectivity index (χ0) is 18.3. The van der Waals surface area contributed by atoms with Crippen molar-refractivity contribution in [2.45, 2.75) is 44.9 Å². The van der Waals surface area contributed by atoms with Crippen LogP contribution < -0.4 is 4.90 Å². The van der Waals surface area contributed by atoms with Gasteiger partial charge in [-0.05, 0) is 25.0 Å². The van der Waals surface area contributed by atoms with Gasteiger partial charge in [-0.15, -0.1) is 10.2 Å². The second kappa shape index (κ2) is 6.72. The standard InChI is InChI=1S/C19H24N4O3/c1-12(22-9-8-14-6-4-5-7-16(14)22)19(24)23-11-15(25-3)10-17(23)18-21-20-13(2)26-18/h4-7,12,15,17H,8-11H2,1-3H3/t12?,15-,17-/m1/s1. The quantitative estimate of drug-likeness (QED) is 0.836. The molecule has 3 atom stereocenters. The van der Waals surface area contributed by atoms with E-state index >= 15 is 0 Å². The van der Waals surface area contributed by atoms with E-state index < -0.39 is 0 Å². The first-order chi connectivity index (χ1) is 12.6. The maximum Gasteiger partial charge on any atom is 0.245 e. The van der Waals surface area contributed by atoms with Gasteiger partial charge in [-0.25, -0.2) is 0 Å². The van der Waals surface area contributed by atoms with Gasteiger partial charge in [0, 0.05) is 39.2 Å². The molecule has 138 valence electrons. The Morgan fingerprint density at radius 2 is 2.15 bits per heavy atom. The number of hydrogen-bond acceptors (Lipinski definition) is 6. The average Bonchev–Trinajstić information content (AvgIpc) is 3.37. The Labute approximate surface area is 152 Å². The van der Waals surface area contributed by atoms with Crippen molar-refractivity contribution in [1.29, 1.82) is 0 Å². The van der Waals surface area contributed by atoms with Gasteiger partial charge in [0.15, 0.2) is 0 Å². The molecule has 0 bridgehead atoms. The second-order valence-corrected chi connectivity index (χ2v) is 7.01. The zero-order valence-electron chi connectivity index (χ0n) is 15.4. The van der Waals surface area contributed by atoms with Gasteiger partial charge in [-0.2, -0.15) is 0 Å². The molecule has 1 aromatic heterocycles. The lowest BCUT2D eigenvalue weighted by Crippen LogP contribution is -2.47. The Bertz CT molecular complexity index is 806. The van der Waals surface area contributed by atoms with Gasteiger partial charge in [-0.3, -0.25) is 4.79 Å². The normalized spacial score (nSPS) is 23.3. The second-order valence-electron chi connectivity index (χ2n) is 7.01. The molecule has 26 heavy (non-hydrogen) atoms. The lowest BCUT2D eigenvalue weighted by Gasteiger charge is -2.31. The van der Waals surface area contributed by atoms with Crippen LogP contribution in [0.2, 0.25) is 0 Å². The molecule has 0 spiro atoms. The highest BCUT2D eigenvalue weighted by atomic mass is 16.5. The first kappa shape index (κ1) is 17.0. The zero-order valence-corrected chi connectivity index (χ0v) is 15.4. The molecule has 2 aliphatic rings. The summed E-state index contributed by atoms with van der Waals surface area (Å²) in [7, 11) is 1.68. The minimum absolute atomic E-state index is 0.0192. The summed E-state index contributed by atoms with van der Waals surface area (Å²) < 4.78 is 11.1. The third kappa shape index (κ3) is 2.86. The number of anilines is 1. The first-order valence-corrected chi connectivity index (χ1v) is 9.06. The monoisotopic (exact) mass is 356 g/mol. The van der Waals surface area contributed by atoms with Crippen molar-refractivity contribution in [3.05, 3.63) is 41.6 Å². The summed E-state index contributed by atoms with van der Waals surface area (Å²) in [5, 5.41) is 8.06. The van der Waals surface area contributed by atoms with E-state index in [0.717, 1.165) is 18.7 Å². The van der Waals surface area contributed by atoms with E-state index in [1.165, 1.54) is 5.56 Å². The van der Waals surface area contributed by atoms with Crippen molar-refractivity contribution in [3.8, 4) is 0 Å². The minimum atomic E-state index is -0.249. The van der Waals surface area contributed by atoms with E-state index in [4.69, 9.17) is 9.15 Å². The molecule has 2 aromatic rings. The summed E-state index contributed by atoms with van der Waals surface area (Å²) in [6.45, 7) is 5.13. The van der Waals surface area contributed by atoms with Crippen LogP contribution in [-0.4, -0.2) is 53.3 Å². The van der Waals surface area contributed by atoms with Crippen molar-refractivity contribution < 1.29 is 13.9 Å². The highest BCUT2D eigenvalue weighted by Gasteiger charge is 2.42. The third-order valence-electron chi connectivity index (χ3n) is 5.45. The molecule has 0 radical (unpaired) electrons. The summed E-state index contributed by atoms with van der Waals surface area (Å²) in [6.07, 6.45) is 1.63. The molecule has 1 amide bonds. The number of likely N-dealkylation sites (tertiary alicyclic amines) is 1. The minimum Gasteiger partial charge on any atom is -0.423 e. The van der Waals surface area contributed by atoms with Crippen LogP contribution in [0.25, 0.3) is 0 Å². The predicted octanol–water partition coefficient (Wildman–Crippen LogP) is 2.12. The van der Waals surface area contributed by atoms with Gasteiger partial charge in [0.25, 0.3) is 0 Å². The Balaban J connectivity index is 1.57. The van der Waals surface area contributed by atoms with Crippen LogP contribution in [0.4, 0.5) is 5.69 Å². The number of aromatic nitrogens is 2. The van der Waals surface area contributed by atoms with Gasteiger partial charge >= 0.3 is 0 Å². The van der Waals surface area contributed by atoms with Crippen LogP contribution in [0, 0.1) is 6.92 Å². The number of nitrogens with zero attached hydrogens (tertiary/aromatic N) is 4. The van der Waals surface area contributed by atoms with Crippen LogP contribution in [0.3, 0.4) is 0 Å². The highest BCUT2D eigenvalue weighted by molar-refractivity contribution is 5.86. The molecule has 2 aliphatic heterocycles. The molecule has 1 aromatic carbocycles. The average molecular weight is 356 g/mol. The molecule has 7 nitrogen and oxygen atoms in total. The molecule has 4 rings (SSSR count). The molecule has 0 saturated carbocycles. The number of aryl methyl sites for hydroxylation is 1. The number of methoxy groups -OCH3 is 1. The van der Waals surface area contributed by atoms with E-state index in [1.807, 2.05) is 24.0 Å². The lowest BCUT2D eigenvalue weighted by atomic mass is 10.1. The molecule has 0 aliphatic carbocycles. The van der Waals surface area contributed by atoms with Gasteiger partial charge in [-0.1, -0.05) is 18.2 Å². The molecule has 7 heteroatoms. The van der Waals surface area contributed by atoms with Crippen molar-refractivity contribution in [3.63, 3.8) is 0 Å². The fraction of sp³-hybridized carbons (Fsp3) is 0.526. The SMILES string of the molecule is CO[C@@H]1C[C@H](c2nnc(C)o2)N(C(=O)C(C)N2CCc3ccccc32)C1. The van der Waals surface area contributed by atoms with Gasteiger partial charge < -0.3 is 19.0 Å². The topological polar surface area (TPSA) is 71.7 Å². The first-order valence-electron chi connectivity index (χ1n) is 9.06. The molecular formula is C19H24N4O3. The van der Waals surface area contributed by atoms with Gasteiger partial charge in [0.1, 0.15) is 12.1 Å². The molecule has 3 heterocycles. The summed E-state index contributed by atoms with van der Waals surface area (Å²) in [5.74, 6) is 1.07. The Morgan fingerprint density at radius 1 is 1.35 bits per heavy atom. The number of amides is 1. The number of benzene rings is 1. The Hall–Kier alpha value is -2.41. The van der Waals surface area contributed by atoms with Crippen molar-refractivity contribution in [2.24, 2.45) is 0 Å². The number of fused-ring (bicyclic) bond motifs is 1. The number of para-hydroxylation sites is 1. The van der Waals surface area contributed by atoms with Gasteiger partial charge in [0.05, 0.1) is 6.10 Å². The highest BCUT2D eigenvalue weighted by Crippen LogP contribution is 2.35. The van der Waals surface area contributed by atoms with Crippen molar-refractivity contribution >= 4 is 11.6 Å². The van der Waals surface area contributed by atoms with E-state index in [9.17, 15) is 4.79 Å². The van der Waals surface area contributed by atoms with Crippen LogP contribution in [-0.2, 0) is 16.0 Å². The number of rotatable bonds is 4.